The molecule has 2 nitrogen and oxygen atoms in total. The normalized spacial score (nSPS) is 13.2. The minimum absolute atomic E-state index is 0.245. The van der Waals surface area contributed by atoms with Gasteiger partial charge in [-0.05, 0) is 93.7 Å². The molecule has 0 saturated carbocycles. The number of hydrogen-bond acceptors (Lipinski definition) is 2. The lowest BCUT2D eigenvalue weighted by Crippen LogP contribution is -2.37. The molecule has 0 bridgehead atoms. The standard InChI is InChI=1S/C50H44N2Si/c1-50(2)45-33-39(52(38-27-30-40(31-28-38)53(3,4)5)47-26-16-18-35-17-12-13-23-41(35)47)29-32-44(45)49-43-25-15-14-24-42(43)48(34-46(49)50)51(36-19-8-6-9-20-36)37-21-10-7-11-22-37/h6-34H,1-5H3. The van der Waals surface area contributed by atoms with Crippen molar-refractivity contribution in [2.75, 3.05) is 9.80 Å². The highest BCUT2D eigenvalue weighted by Crippen LogP contribution is 2.55. The first-order valence-electron chi connectivity index (χ1n) is 18.7. The topological polar surface area (TPSA) is 6.48 Å². The predicted molar refractivity (Wildman–Crippen MR) is 231 cm³/mol. The van der Waals surface area contributed by atoms with Gasteiger partial charge in [-0.1, -0.05) is 154 Å². The fraction of sp³-hybridized carbons (Fsp3) is 0.120. The lowest BCUT2D eigenvalue weighted by Gasteiger charge is -2.30. The molecule has 8 aromatic rings. The van der Waals surface area contributed by atoms with E-state index in [0.717, 1.165) is 11.4 Å². The maximum atomic E-state index is 2.47. The van der Waals surface area contributed by atoms with Crippen molar-refractivity contribution in [1.29, 1.82) is 0 Å². The molecule has 0 saturated heterocycles. The quantitative estimate of drug-likeness (QED) is 0.153. The number of nitrogens with zero attached hydrogens (tertiary/aromatic N) is 2. The van der Waals surface area contributed by atoms with Crippen LogP contribution in [-0.2, 0) is 5.41 Å². The average molecular weight is 701 g/mol. The van der Waals surface area contributed by atoms with Crippen molar-refractivity contribution < 1.29 is 0 Å². The molecule has 0 N–H and O–H groups in total. The van der Waals surface area contributed by atoms with Gasteiger partial charge in [0.25, 0.3) is 0 Å². The van der Waals surface area contributed by atoms with Gasteiger partial charge in [-0.3, -0.25) is 0 Å². The van der Waals surface area contributed by atoms with Crippen LogP contribution in [-0.4, -0.2) is 8.07 Å². The van der Waals surface area contributed by atoms with E-state index < -0.39 is 8.07 Å². The van der Waals surface area contributed by atoms with Crippen molar-refractivity contribution in [1.82, 2.24) is 0 Å². The Hall–Kier alpha value is -5.90. The first-order chi connectivity index (χ1) is 25.7. The summed E-state index contributed by atoms with van der Waals surface area (Å²) in [7, 11) is -1.46. The second kappa shape index (κ2) is 12.6. The van der Waals surface area contributed by atoms with E-state index in [2.05, 4.69) is 219 Å². The molecule has 0 aliphatic heterocycles. The Morgan fingerprint density at radius 3 is 1.60 bits per heavy atom. The van der Waals surface area contributed by atoms with Crippen LogP contribution in [0.3, 0.4) is 0 Å². The smallest absolute Gasteiger partial charge is 0.0775 e. The lowest BCUT2D eigenvalue weighted by molar-refractivity contribution is 0.661. The molecule has 0 unspecified atom stereocenters. The summed E-state index contributed by atoms with van der Waals surface area (Å²) in [5, 5.41) is 6.47. The minimum atomic E-state index is -1.46. The van der Waals surface area contributed by atoms with Crippen LogP contribution in [0.1, 0.15) is 25.0 Å². The minimum Gasteiger partial charge on any atom is -0.310 e. The van der Waals surface area contributed by atoms with Crippen LogP contribution >= 0.6 is 0 Å². The summed E-state index contributed by atoms with van der Waals surface area (Å²) in [6, 6.07) is 64.9. The van der Waals surface area contributed by atoms with Crippen LogP contribution in [0.5, 0.6) is 0 Å². The van der Waals surface area contributed by atoms with Crippen molar-refractivity contribution in [3.05, 3.63) is 187 Å². The Labute approximate surface area is 314 Å². The molecule has 0 fully saturated rings. The second-order valence-electron chi connectivity index (χ2n) is 15.9. The van der Waals surface area contributed by atoms with Gasteiger partial charge >= 0.3 is 0 Å². The molecule has 53 heavy (non-hydrogen) atoms. The fourth-order valence-corrected chi connectivity index (χ4v) is 9.56. The highest BCUT2D eigenvalue weighted by atomic mass is 28.3. The molecule has 3 heteroatoms. The maximum Gasteiger partial charge on any atom is 0.0775 e. The van der Waals surface area contributed by atoms with Crippen LogP contribution < -0.4 is 15.0 Å². The molecule has 0 amide bonds. The van der Waals surface area contributed by atoms with Gasteiger partial charge in [0.05, 0.1) is 19.4 Å². The van der Waals surface area contributed by atoms with Crippen LogP contribution in [0.4, 0.5) is 34.1 Å². The highest BCUT2D eigenvalue weighted by molar-refractivity contribution is 6.88. The van der Waals surface area contributed by atoms with E-state index >= 15 is 0 Å². The molecule has 0 radical (unpaired) electrons. The van der Waals surface area contributed by atoms with Gasteiger partial charge in [0.1, 0.15) is 0 Å². The molecule has 0 spiro atoms. The number of fused-ring (bicyclic) bond motifs is 6. The summed E-state index contributed by atoms with van der Waals surface area (Å²) in [6.07, 6.45) is 0. The van der Waals surface area contributed by atoms with Crippen LogP contribution in [0.15, 0.2) is 176 Å². The van der Waals surface area contributed by atoms with Crippen molar-refractivity contribution >= 4 is 68.9 Å². The van der Waals surface area contributed by atoms with Crippen molar-refractivity contribution in [2.24, 2.45) is 0 Å². The number of hydrogen-bond donors (Lipinski definition) is 0. The summed E-state index contributed by atoms with van der Waals surface area (Å²) in [5.41, 5.74) is 12.1. The van der Waals surface area contributed by atoms with E-state index in [1.807, 2.05) is 0 Å². The van der Waals surface area contributed by atoms with Gasteiger partial charge in [0.15, 0.2) is 0 Å². The van der Waals surface area contributed by atoms with E-state index in [9.17, 15) is 0 Å². The zero-order chi connectivity index (χ0) is 36.3. The fourth-order valence-electron chi connectivity index (χ4n) is 8.40. The van der Waals surface area contributed by atoms with E-state index in [1.165, 1.54) is 71.7 Å². The summed E-state index contributed by atoms with van der Waals surface area (Å²) in [5.74, 6) is 0. The number of rotatable bonds is 7. The van der Waals surface area contributed by atoms with Gasteiger partial charge in [0.2, 0.25) is 0 Å². The first-order valence-corrected chi connectivity index (χ1v) is 22.2. The molecule has 1 aliphatic rings. The Morgan fingerprint density at radius 2 is 0.943 bits per heavy atom. The molecule has 0 aromatic heterocycles. The Morgan fingerprint density at radius 1 is 0.415 bits per heavy atom. The molecule has 1 aliphatic carbocycles. The second-order valence-corrected chi connectivity index (χ2v) is 20.9. The van der Waals surface area contributed by atoms with E-state index in [4.69, 9.17) is 0 Å². The number of benzene rings is 8. The molecule has 0 heterocycles. The summed E-state index contributed by atoms with van der Waals surface area (Å²) >= 11 is 0. The Kier molecular flexibility index (Phi) is 7.87. The number of para-hydroxylation sites is 2. The van der Waals surface area contributed by atoms with Crippen LogP contribution in [0.25, 0.3) is 32.7 Å². The Bertz CT molecular complexity index is 2570. The third-order valence-electron chi connectivity index (χ3n) is 11.2. The zero-order valence-corrected chi connectivity index (χ0v) is 32.1. The van der Waals surface area contributed by atoms with E-state index in [-0.39, 0.29) is 5.41 Å². The van der Waals surface area contributed by atoms with Gasteiger partial charge in [-0.25, -0.2) is 0 Å². The first kappa shape index (κ1) is 33.0. The summed E-state index contributed by atoms with van der Waals surface area (Å²) < 4.78 is 0. The van der Waals surface area contributed by atoms with E-state index in [0.29, 0.717) is 0 Å². The zero-order valence-electron chi connectivity index (χ0n) is 31.1. The molecule has 0 atom stereocenters. The maximum absolute atomic E-state index is 2.47. The average Bonchev–Trinajstić information content (AvgIpc) is 3.41. The summed E-state index contributed by atoms with van der Waals surface area (Å²) in [4.78, 5) is 4.88. The monoisotopic (exact) mass is 700 g/mol. The predicted octanol–water partition coefficient (Wildman–Crippen LogP) is 13.8. The lowest BCUT2D eigenvalue weighted by atomic mass is 9.81. The largest absolute Gasteiger partial charge is 0.310 e. The van der Waals surface area contributed by atoms with Crippen LogP contribution in [0, 0.1) is 0 Å². The molecular formula is C50H44N2Si. The van der Waals surface area contributed by atoms with Crippen molar-refractivity contribution in [3.8, 4) is 11.1 Å². The molecule has 258 valence electrons. The van der Waals surface area contributed by atoms with Crippen molar-refractivity contribution in [3.63, 3.8) is 0 Å². The third kappa shape index (κ3) is 5.55. The van der Waals surface area contributed by atoms with Gasteiger partial charge < -0.3 is 9.80 Å². The van der Waals surface area contributed by atoms with Gasteiger partial charge in [0, 0.05) is 38.9 Å². The number of anilines is 6. The van der Waals surface area contributed by atoms with Gasteiger partial charge in [-0.2, -0.15) is 0 Å². The highest BCUT2D eigenvalue weighted by Gasteiger charge is 2.38. The molecule has 8 aromatic carbocycles. The molecule has 9 rings (SSSR count). The summed E-state index contributed by atoms with van der Waals surface area (Å²) in [6.45, 7) is 12.1. The Balaban J connectivity index is 1.25. The molecular weight excluding hydrogens is 657 g/mol. The van der Waals surface area contributed by atoms with Crippen molar-refractivity contribution in [2.45, 2.75) is 38.9 Å². The van der Waals surface area contributed by atoms with E-state index in [1.54, 1.807) is 0 Å². The van der Waals surface area contributed by atoms with Gasteiger partial charge in [-0.15, -0.1) is 0 Å². The third-order valence-corrected chi connectivity index (χ3v) is 13.2. The van der Waals surface area contributed by atoms with Crippen LogP contribution in [0.2, 0.25) is 19.6 Å². The SMILES string of the molecule is CC1(C)c2cc(N(c3ccc([Si](C)(C)C)cc3)c3cccc4ccccc34)ccc2-c2c1cc(N(c1ccccc1)c1ccccc1)c1ccccc21.